The number of hydrogen-bond acceptors (Lipinski definition) is 4. The molecule has 0 aliphatic carbocycles. The summed E-state index contributed by atoms with van der Waals surface area (Å²) in [5, 5.41) is 6.90. The van der Waals surface area contributed by atoms with Gasteiger partial charge in [-0.3, -0.25) is 4.90 Å². The average Bonchev–Trinajstić information content (AvgIpc) is 2.68. The monoisotopic (exact) mass is 376 g/mol. The SMILES string of the molecule is CCNC(=NCc1ccc(COC)cc1)NCC(C(C)C)N1CCOCC1. The predicted octanol–water partition coefficient (Wildman–Crippen LogP) is 2.24. The molecule has 1 aliphatic rings. The molecule has 0 radical (unpaired) electrons. The lowest BCUT2D eigenvalue weighted by molar-refractivity contribution is 0.00752. The largest absolute Gasteiger partial charge is 0.380 e. The van der Waals surface area contributed by atoms with Crippen LogP contribution in [-0.4, -0.2) is 63.4 Å². The summed E-state index contributed by atoms with van der Waals surface area (Å²) in [6.45, 7) is 13.4. The Bertz CT molecular complexity index is 554. The standard InChI is InChI=1S/C21H36N4O2/c1-5-22-21(23-14-18-6-8-19(9-7-18)16-26-4)24-15-20(17(2)3)25-10-12-27-13-11-25/h6-9,17,20H,5,10-16H2,1-4H3,(H2,22,23,24). The minimum atomic E-state index is 0.478. The van der Waals surface area contributed by atoms with Crippen LogP contribution >= 0.6 is 0 Å². The zero-order valence-electron chi connectivity index (χ0n) is 17.3. The van der Waals surface area contributed by atoms with Gasteiger partial charge in [-0.2, -0.15) is 0 Å². The number of hydrogen-bond donors (Lipinski definition) is 2. The molecule has 0 aromatic heterocycles. The normalized spacial score (nSPS) is 17.1. The second kappa shape index (κ2) is 12.0. The lowest BCUT2D eigenvalue weighted by Gasteiger charge is -2.37. The van der Waals surface area contributed by atoms with Crippen molar-refractivity contribution in [1.82, 2.24) is 15.5 Å². The topological polar surface area (TPSA) is 58.1 Å². The van der Waals surface area contributed by atoms with Gasteiger partial charge in [0.05, 0.1) is 26.4 Å². The summed E-state index contributed by atoms with van der Waals surface area (Å²) in [7, 11) is 1.72. The van der Waals surface area contributed by atoms with Gasteiger partial charge in [-0.05, 0) is 24.0 Å². The van der Waals surface area contributed by atoms with E-state index in [4.69, 9.17) is 14.5 Å². The molecule has 2 rings (SSSR count). The van der Waals surface area contributed by atoms with Gasteiger partial charge in [0, 0.05) is 39.3 Å². The molecule has 152 valence electrons. The van der Waals surface area contributed by atoms with Crippen molar-refractivity contribution in [3.63, 3.8) is 0 Å². The highest BCUT2D eigenvalue weighted by Crippen LogP contribution is 2.12. The van der Waals surface area contributed by atoms with Crippen LogP contribution in [0.1, 0.15) is 31.9 Å². The van der Waals surface area contributed by atoms with Crippen LogP contribution in [0, 0.1) is 5.92 Å². The van der Waals surface area contributed by atoms with E-state index in [1.165, 1.54) is 11.1 Å². The molecule has 27 heavy (non-hydrogen) atoms. The Kier molecular flexibility index (Phi) is 9.59. The van der Waals surface area contributed by atoms with Gasteiger partial charge < -0.3 is 20.1 Å². The molecule has 1 aromatic carbocycles. The Labute approximate surface area is 164 Å². The molecule has 6 heteroatoms. The van der Waals surface area contributed by atoms with E-state index in [0.29, 0.717) is 25.1 Å². The second-order valence-electron chi connectivity index (χ2n) is 7.29. The molecule has 1 unspecified atom stereocenters. The molecule has 6 nitrogen and oxygen atoms in total. The van der Waals surface area contributed by atoms with Gasteiger partial charge in [-0.1, -0.05) is 38.1 Å². The van der Waals surface area contributed by atoms with E-state index in [2.05, 4.69) is 60.6 Å². The molecule has 0 spiro atoms. The first kappa shape index (κ1) is 21.7. The van der Waals surface area contributed by atoms with Crippen molar-refractivity contribution >= 4 is 5.96 Å². The van der Waals surface area contributed by atoms with Gasteiger partial charge in [-0.25, -0.2) is 4.99 Å². The van der Waals surface area contributed by atoms with E-state index in [1.807, 2.05) is 0 Å². The van der Waals surface area contributed by atoms with Crippen LogP contribution in [-0.2, 0) is 22.6 Å². The quantitative estimate of drug-likeness (QED) is 0.511. The zero-order valence-corrected chi connectivity index (χ0v) is 17.3. The average molecular weight is 377 g/mol. The summed E-state index contributed by atoms with van der Waals surface area (Å²) in [5.41, 5.74) is 2.38. The Morgan fingerprint density at radius 2 is 1.81 bits per heavy atom. The van der Waals surface area contributed by atoms with Crippen molar-refractivity contribution in [2.75, 3.05) is 46.5 Å². The number of benzene rings is 1. The van der Waals surface area contributed by atoms with Gasteiger partial charge in [-0.15, -0.1) is 0 Å². The van der Waals surface area contributed by atoms with Crippen LogP contribution in [0.25, 0.3) is 0 Å². The minimum Gasteiger partial charge on any atom is -0.380 e. The first-order chi connectivity index (χ1) is 13.1. The number of methoxy groups -OCH3 is 1. The van der Waals surface area contributed by atoms with E-state index in [0.717, 1.165) is 45.4 Å². The molecule has 0 amide bonds. The van der Waals surface area contributed by atoms with E-state index < -0.39 is 0 Å². The lowest BCUT2D eigenvalue weighted by atomic mass is 10.0. The van der Waals surface area contributed by atoms with Gasteiger partial charge >= 0.3 is 0 Å². The summed E-state index contributed by atoms with van der Waals surface area (Å²) in [4.78, 5) is 7.28. The molecule has 1 saturated heterocycles. The number of ether oxygens (including phenoxy) is 2. The van der Waals surface area contributed by atoms with Crippen LogP contribution in [0.4, 0.5) is 0 Å². The lowest BCUT2D eigenvalue weighted by Crippen LogP contribution is -2.52. The molecule has 1 fully saturated rings. The van der Waals surface area contributed by atoms with Crippen LogP contribution in [0.3, 0.4) is 0 Å². The number of aliphatic imine (C=N–C) groups is 1. The fraction of sp³-hybridized carbons (Fsp3) is 0.667. The summed E-state index contributed by atoms with van der Waals surface area (Å²) in [6, 6.07) is 8.91. The summed E-state index contributed by atoms with van der Waals surface area (Å²) < 4.78 is 10.7. The number of guanidine groups is 1. The van der Waals surface area contributed by atoms with Crippen molar-refractivity contribution in [2.45, 2.75) is 40.0 Å². The van der Waals surface area contributed by atoms with E-state index in [9.17, 15) is 0 Å². The summed E-state index contributed by atoms with van der Waals surface area (Å²) in [6.07, 6.45) is 0. The Morgan fingerprint density at radius 1 is 1.15 bits per heavy atom. The maximum absolute atomic E-state index is 5.50. The first-order valence-electron chi connectivity index (χ1n) is 10.0. The molecule has 1 atom stereocenters. The maximum atomic E-state index is 5.50. The fourth-order valence-electron chi connectivity index (χ4n) is 3.32. The molecule has 0 bridgehead atoms. The van der Waals surface area contributed by atoms with Crippen molar-refractivity contribution in [3.8, 4) is 0 Å². The van der Waals surface area contributed by atoms with Crippen LogP contribution in [0.15, 0.2) is 29.3 Å². The minimum absolute atomic E-state index is 0.478. The number of nitrogens with zero attached hydrogens (tertiary/aromatic N) is 2. The highest BCUT2D eigenvalue weighted by atomic mass is 16.5. The van der Waals surface area contributed by atoms with Crippen molar-refractivity contribution in [1.29, 1.82) is 0 Å². The molecule has 1 aromatic rings. The van der Waals surface area contributed by atoms with E-state index in [-0.39, 0.29) is 0 Å². The molecule has 1 heterocycles. The van der Waals surface area contributed by atoms with Crippen molar-refractivity contribution < 1.29 is 9.47 Å². The van der Waals surface area contributed by atoms with Crippen LogP contribution in [0.5, 0.6) is 0 Å². The zero-order chi connectivity index (χ0) is 19.5. The van der Waals surface area contributed by atoms with Gasteiger partial charge in [0.25, 0.3) is 0 Å². The summed E-state index contributed by atoms with van der Waals surface area (Å²) >= 11 is 0. The molecular weight excluding hydrogens is 340 g/mol. The van der Waals surface area contributed by atoms with Crippen molar-refractivity contribution in [3.05, 3.63) is 35.4 Å². The molecule has 0 saturated carbocycles. The number of rotatable bonds is 9. The van der Waals surface area contributed by atoms with Gasteiger partial charge in [0.15, 0.2) is 5.96 Å². The first-order valence-corrected chi connectivity index (χ1v) is 10.0. The van der Waals surface area contributed by atoms with E-state index >= 15 is 0 Å². The highest BCUT2D eigenvalue weighted by Gasteiger charge is 2.23. The third kappa shape index (κ3) is 7.48. The number of morpholine rings is 1. The number of nitrogens with one attached hydrogen (secondary N) is 2. The summed E-state index contributed by atoms with van der Waals surface area (Å²) in [5.74, 6) is 1.45. The Morgan fingerprint density at radius 3 is 2.41 bits per heavy atom. The Balaban J connectivity index is 1.93. The fourth-order valence-corrected chi connectivity index (χ4v) is 3.32. The smallest absolute Gasteiger partial charge is 0.191 e. The van der Waals surface area contributed by atoms with Gasteiger partial charge in [0.2, 0.25) is 0 Å². The Hall–Kier alpha value is -1.63. The molecular formula is C21H36N4O2. The second-order valence-corrected chi connectivity index (χ2v) is 7.29. The maximum Gasteiger partial charge on any atom is 0.191 e. The van der Waals surface area contributed by atoms with Crippen LogP contribution in [0.2, 0.25) is 0 Å². The third-order valence-corrected chi connectivity index (χ3v) is 4.86. The van der Waals surface area contributed by atoms with Crippen molar-refractivity contribution in [2.24, 2.45) is 10.9 Å². The third-order valence-electron chi connectivity index (χ3n) is 4.86. The molecule has 1 aliphatic heterocycles. The van der Waals surface area contributed by atoms with Crippen LogP contribution < -0.4 is 10.6 Å². The molecule has 2 N–H and O–H groups in total. The predicted molar refractivity (Wildman–Crippen MR) is 111 cm³/mol. The van der Waals surface area contributed by atoms with Gasteiger partial charge in [0.1, 0.15) is 0 Å². The highest BCUT2D eigenvalue weighted by molar-refractivity contribution is 5.79. The van der Waals surface area contributed by atoms with E-state index in [1.54, 1.807) is 7.11 Å².